The fourth-order valence-electron chi connectivity index (χ4n) is 0.253. The molecular weight excluding hydrogens is 151 g/mol. The van der Waals surface area contributed by atoms with Gasteiger partial charge in [-0.05, 0) is 6.07 Å². The summed E-state index contributed by atoms with van der Waals surface area (Å²) in [5.41, 5.74) is 0. The maximum absolute atomic E-state index is 3.67. The SMILES string of the molecule is [As].c1cncnc1. The second-order valence-corrected chi connectivity index (χ2v) is 0.904. The van der Waals surface area contributed by atoms with Crippen molar-refractivity contribution in [3.8, 4) is 0 Å². The van der Waals surface area contributed by atoms with Gasteiger partial charge >= 0.3 is 0 Å². The quantitative estimate of drug-likeness (QED) is 0.496. The van der Waals surface area contributed by atoms with Crippen molar-refractivity contribution in [2.24, 2.45) is 0 Å². The first-order chi connectivity index (χ1) is 3.00. The largest absolute Gasteiger partial charge is 0.245 e. The van der Waals surface area contributed by atoms with Crippen molar-refractivity contribution >= 4 is 18.0 Å². The topological polar surface area (TPSA) is 25.8 Å². The zero-order chi connectivity index (χ0) is 4.24. The molecule has 3 radical (unpaired) electrons. The van der Waals surface area contributed by atoms with Crippen LogP contribution in [0.3, 0.4) is 0 Å². The Balaban J connectivity index is 0.000000360. The Morgan fingerprint density at radius 2 is 1.57 bits per heavy atom. The summed E-state index contributed by atoms with van der Waals surface area (Å²) < 4.78 is 0. The van der Waals surface area contributed by atoms with E-state index in [1.807, 2.05) is 0 Å². The van der Waals surface area contributed by atoms with E-state index in [0.29, 0.717) is 0 Å². The number of hydrogen-bond donors (Lipinski definition) is 0. The van der Waals surface area contributed by atoms with E-state index in [2.05, 4.69) is 9.97 Å². The van der Waals surface area contributed by atoms with Crippen LogP contribution in [0.25, 0.3) is 0 Å². The molecule has 0 bridgehead atoms. The Hall–Kier alpha value is -0.362. The smallest absolute Gasteiger partial charge is 0.115 e. The first-order valence-corrected chi connectivity index (χ1v) is 1.70. The molecule has 0 saturated heterocycles. The molecule has 0 aliphatic rings. The molecule has 1 aromatic rings. The van der Waals surface area contributed by atoms with Crippen molar-refractivity contribution in [1.82, 2.24) is 9.97 Å². The summed E-state index contributed by atoms with van der Waals surface area (Å²) in [6.45, 7) is 0. The minimum atomic E-state index is 0. The summed E-state index contributed by atoms with van der Waals surface area (Å²) in [4.78, 5) is 7.35. The maximum Gasteiger partial charge on any atom is 0.115 e. The summed E-state index contributed by atoms with van der Waals surface area (Å²) >= 11 is 0. The molecule has 35 valence electrons. The number of rotatable bonds is 0. The summed E-state index contributed by atoms with van der Waals surface area (Å²) in [6, 6.07) is 1.78. The molecule has 3 heteroatoms. The summed E-state index contributed by atoms with van der Waals surface area (Å²) in [7, 11) is 0. The molecule has 1 heterocycles. The van der Waals surface area contributed by atoms with Gasteiger partial charge < -0.3 is 0 Å². The van der Waals surface area contributed by atoms with Crippen LogP contribution < -0.4 is 0 Å². The van der Waals surface area contributed by atoms with E-state index in [1.54, 1.807) is 18.5 Å². The Bertz CT molecular complexity index is 81.6. The van der Waals surface area contributed by atoms with Gasteiger partial charge in [-0.15, -0.1) is 0 Å². The molecular formula is C4H4AsN2. The van der Waals surface area contributed by atoms with Crippen molar-refractivity contribution in [1.29, 1.82) is 0 Å². The van der Waals surface area contributed by atoms with Gasteiger partial charge in [0.2, 0.25) is 0 Å². The molecule has 0 fully saturated rings. The molecule has 0 N–H and O–H groups in total. The van der Waals surface area contributed by atoms with Gasteiger partial charge in [-0.25, -0.2) is 9.97 Å². The van der Waals surface area contributed by atoms with Crippen LogP contribution in [0.4, 0.5) is 0 Å². The second kappa shape index (κ2) is 3.82. The molecule has 0 spiro atoms. The Labute approximate surface area is 53.3 Å². The average molecular weight is 155 g/mol. The molecule has 0 amide bonds. The van der Waals surface area contributed by atoms with Crippen LogP contribution in [0.1, 0.15) is 0 Å². The normalized spacial score (nSPS) is 6.86. The first kappa shape index (κ1) is 6.64. The van der Waals surface area contributed by atoms with E-state index in [-0.39, 0.29) is 18.0 Å². The Morgan fingerprint density at radius 3 is 1.71 bits per heavy atom. The third-order valence-corrected chi connectivity index (χ3v) is 0.478. The van der Waals surface area contributed by atoms with E-state index < -0.39 is 0 Å². The van der Waals surface area contributed by atoms with Gasteiger partial charge in [0.25, 0.3) is 0 Å². The van der Waals surface area contributed by atoms with Crippen molar-refractivity contribution in [2.45, 2.75) is 0 Å². The molecule has 0 unspecified atom stereocenters. The molecule has 1 aromatic heterocycles. The van der Waals surface area contributed by atoms with Gasteiger partial charge in [0.15, 0.2) is 0 Å². The van der Waals surface area contributed by atoms with Crippen LogP contribution >= 0.6 is 0 Å². The van der Waals surface area contributed by atoms with Gasteiger partial charge in [-0.3, -0.25) is 0 Å². The summed E-state index contributed by atoms with van der Waals surface area (Å²) in [5.74, 6) is 0. The summed E-state index contributed by atoms with van der Waals surface area (Å²) in [6.07, 6.45) is 4.88. The predicted octanol–water partition coefficient (Wildman–Crippen LogP) is 0.0958. The fraction of sp³-hybridized carbons (Fsp3) is 0. The van der Waals surface area contributed by atoms with Crippen LogP contribution in [0.15, 0.2) is 24.8 Å². The molecule has 0 aliphatic heterocycles. The van der Waals surface area contributed by atoms with E-state index >= 15 is 0 Å². The average Bonchev–Trinajstić information content (AvgIpc) is 1.72. The third kappa shape index (κ3) is 2.35. The predicted molar refractivity (Wildman–Crippen MR) is 27.8 cm³/mol. The van der Waals surface area contributed by atoms with Gasteiger partial charge in [0.05, 0.1) is 0 Å². The van der Waals surface area contributed by atoms with Crippen LogP contribution in [-0.2, 0) is 0 Å². The number of aromatic nitrogens is 2. The van der Waals surface area contributed by atoms with Crippen LogP contribution in [-0.4, -0.2) is 27.9 Å². The minimum absolute atomic E-state index is 0. The monoisotopic (exact) mass is 155 g/mol. The van der Waals surface area contributed by atoms with E-state index in [0.717, 1.165) is 0 Å². The second-order valence-electron chi connectivity index (χ2n) is 0.904. The van der Waals surface area contributed by atoms with Gasteiger partial charge in [0.1, 0.15) is 6.33 Å². The van der Waals surface area contributed by atoms with Gasteiger partial charge in [-0.2, -0.15) is 0 Å². The molecule has 0 saturated carbocycles. The fourth-order valence-corrected chi connectivity index (χ4v) is 0.253. The van der Waals surface area contributed by atoms with E-state index in [1.165, 1.54) is 6.33 Å². The molecule has 1 rings (SSSR count). The zero-order valence-electron chi connectivity index (χ0n) is 3.65. The first-order valence-electron chi connectivity index (χ1n) is 1.70. The Morgan fingerprint density at radius 1 is 1.00 bits per heavy atom. The summed E-state index contributed by atoms with van der Waals surface area (Å²) in [5, 5.41) is 0. The van der Waals surface area contributed by atoms with Gasteiger partial charge in [0, 0.05) is 30.3 Å². The zero-order valence-corrected chi connectivity index (χ0v) is 5.53. The standard InChI is InChI=1S/C4H4N2.As/c1-2-5-4-6-3-1;/h1-4H;. The van der Waals surface area contributed by atoms with E-state index in [9.17, 15) is 0 Å². The maximum atomic E-state index is 3.67. The molecule has 7 heavy (non-hydrogen) atoms. The van der Waals surface area contributed by atoms with Crippen LogP contribution in [0, 0.1) is 0 Å². The molecule has 0 atom stereocenters. The van der Waals surface area contributed by atoms with E-state index in [4.69, 9.17) is 0 Å². The minimum Gasteiger partial charge on any atom is -0.245 e. The van der Waals surface area contributed by atoms with Crippen molar-refractivity contribution in [3.05, 3.63) is 24.8 Å². The third-order valence-electron chi connectivity index (χ3n) is 0.478. The van der Waals surface area contributed by atoms with Crippen molar-refractivity contribution in [3.63, 3.8) is 0 Å². The van der Waals surface area contributed by atoms with Crippen molar-refractivity contribution < 1.29 is 0 Å². The number of nitrogens with zero attached hydrogens (tertiary/aromatic N) is 2. The number of hydrogen-bond acceptors (Lipinski definition) is 2. The molecule has 0 aliphatic carbocycles. The van der Waals surface area contributed by atoms with Gasteiger partial charge in [-0.1, -0.05) is 0 Å². The molecule has 0 aromatic carbocycles. The van der Waals surface area contributed by atoms with Crippen LogP contribution in [0.5, 0.6) is 0 Å². The molecule has 2 nitrogen and oxygen atoms in total. The van der Waals surface area contributed by atoms with Crippen molar-refractivity contribution in [2.75, 3.05) is 0 Å². The van der Waals surface area contributed by atoms with Crippen LogP contribution in [0.2, 0.25) is 0 Å². The Kier molecular flexibility index (Phi) is 3.62.